The average Bonchev–Trinajstić information content (AvgIpc) is 3.27. The monoisotopic (exact) mass is 270 g/mol. The Morgan fingerprint density at radius 2 is 2.15 bits per heavy atom. The van der Waals surface area contributed by atoms with E-state index in [0.29, 0.717) is 17.3 Å². The summed E-state index contributed by atoms with van der Waals surface area (Å²) < 4.78 is 0. The van der Waals surface area contributed by atoms with Gasteiger partial charge in [-0.05, 0) is 37.8 Å². The number of nitrogens with zero attached hydrogens (tertiary/aromatic N) is 2. The maximum atomic E-state index is 11.5. The number of benzene rings is 1. The Morgan fingerprint density at radius 3 is 2.80 bits per heavy atom. The third kappa shape index (κ3) is 2.46. The van der Waals surface area contributed by atoms with Crippen LogP contribution in [0.1, 0.15) is 30.1 Å². The largest absolute Gasteiger partial charge is 0.478 e. The summed E-state index contributed by atoms with van der Waals surface area (Å²) in [5.41, 5.74) is 1.15. The summed E-state index contributed by atoms with van der Waals surface area (Å²) in [6, 6.07) is 9.38. The smallest absolute Gasteiger partial charge is 0.339 e. The van der Waals surface area contributed by atoms with Gasteiger partial charge in [0.1, 0.15) is 11.4 Å². The van der Waals surface area contributed by atoms with Crippen molar-refractivity contribution in [3.63, 3.8) is 0 Å². The molecule has 0 bridgehead atoms. The Bertz CT molecular complexity index is 650. The van der Waals surface area contributed by atoms with E-state index in [2.05, 4.69) is 9.88 Å². The molecule has 104 valence electrons. The highest BCUT2D eigenvalue weighted by Gasteiger charge is 2.26. The number of hydrogen-bond donors (Lipinski definition) is 1. The fraction of sp³-hybridized carbons (Fsp3) is 0.375. The third-order valence-electron chi connectivity index (χ3n) is 3.79. The Hall–Kier alpha value is -2.10. The van der Waals surface area contributed by atoms with Gasteiger partial charge in [-0.1, -0.05) is 18.2 Å². The van der Waals surface area contributed by atoms with Crippen molar-refractivity contribution in [3.05, 3.63) is 35.9 Å². The molecule has 4 heteroatoms. The first kappa shape index (κ1) is 12.9. The van der Waals surface area contributed by atoms with Crippen LogP contribution in [0.15, 0.2) is 30.3 Å². The van der Waals surface area contributed by atoms with Crippen molar-refractivity contribution in [3.8, 4) is 0 Å². The second-order valence-corrected chi connectivity index (χ2v) is 5.34. The van der Waals surface area contributed by atoms with Gasteiger partial charge in [0.15, 0.2) is 0 Å². The van der Waals surface area contributed by atoms with Crippen molar-refractivity contribution in [2.45, 2.75) is 19.8 Å². The van der Waals surface area contributed by atoms with E-state index >= 15 is 0 Å². The second-order valence-electron chi connectivity index (χ2n) is 5.34. The van der Waals surface area contributed by atoms with E-state index in [1.54, 1.807) is 6.07 Å². The summed E-state index contributed by atoms with van der Waals surface area (Å²) in [6.45, 7) is 3.73. The minimum Gasteiger partial charge on any atom is -0.478 e. The summed E-state index contributed by atoms with van der Waals surface area (Å²) in [4.78, 5) is 18.2. The normalized spacial score (nSPS) is 14.4. The van der Waals surface area contributed by atoms with Crippen molar-refractivity contribution >= 4 is 22.7 Å². The Balaban J connectivity index is 2.09. The number of fused-ring (bicyclic) bond motifs is 1. The molecule has 1 fully saturated rings. The number of anilines is 1. The van der Waals surface area contributed by atoms with E-state index in [4.69, 9.17) is 0 Å². The molecule has 20 heavy (non-hydrogen) atoms. The van der Waals surface area contributed by atoms with Crippen LogP contribution in [0.3, 0.4) is 0 Å². The van der Waals surface area contributed by atoms with Crippen LogP contribution in [0, 0.1) is 5.92 Å². The Labute approximate surface area is 118 Å². The minimum absolute atomic E-state index is 0.297. The standard InChI is InChI=1S/C16H18N2O2/c1-2-18(10-11-7-8-11)15-13(16(19)20)9-12-5-3-4-6-14(12)17-15/h3-6,9,11H,2,7-8,10H2,1H3,(H,19,20). The van der Waals surface area contributed by atoms with E-state index in [0.717, 1.165) is 24.0 Å². The van der Waals surface area contributed by atoms with Gasteiger partial charge in [0.05, 0.1) is 5.52 Å². The zero-order valence-electron chi connectivity index (χ0n) is 11.5. The summed E-state index contributed by atoms with van der Waals surface area (Å²) >= 11 is 0. The van der Waals surface area contributed by atoms with Gasteiger partial charge < -0.3 is 10.0 Å². The van der Waals surface area contributed by atoms with Crippen LogP contribution in [0.25, 0.3) is 10.9 Å². The van der Waals surface area contributed by atoms with Crippen molar-refractivity contribution < 1.29 is 9.90 Å². The number of aromatic carboxylic acids is 1. The van der Waals surface area contributed by atoms with Gasteiger partial charge >= 0.3 is 5.97 Å². The van der Waals surface area contributed by atoms with Crippen LogP contribution >= 0.6 is 0 Å². The fourth-order valence-electron chi connectivity index (χ4n) is 2.48. The van der Waals surface area contributed by atoms with Gasteiger partial charge in [-0.15, -0.1) is 0 Å². The van der Waals surface area contributed by atoms with Crippen LogP contribution in [0.2, 0.25) is 0 Å². The molecule has 0 amide bonds. The molecule has 0 saturated heterocycles. The highest BCUT2D eigenvalue weighted by Crippen LogP contribution is 2.32. The number of carboxylic acid groups (broad SMARTS) is 1. The molecule has 4 nitrogen and oxygen atoms in total. The number of rotatable bonds is 5. The van der Waals surface area contributed by atoms with Crippen LogP contribution in [0.4, 0.5) is 5.82 Å². The first-order valence-corrected chi connectivity index (χ1v) is 7.07. The predicted molar refractivity (Wildman–Crippen MR) is 79.3 cm³/mol. The molecular weight excluding hydrogens is 252 g/mol. The predicted octanol–water partition coefficient (Wildman–Crippen LogP) is 3.17. The number of hydrogen-bond acceptors (Lipinski definition) is 3. The molecule has 1 aliphatic carbocycles. The molecule has 2 aromatic rings. The molecule has 0 atom stereocenters. The lowest BCUT2D eigenvalue weighted by Crippen LogP contribution is -2.28. The molecule has 1 aromatic heterocycles. The summed E-state index contributed by atoms with van der Waals surface area (Å²) in [5.74, 6) is 0.392. The lowest BCUT2D eigenvalue weighted by atomic mass is 10.1. The maximum absolute atomic E-state index is 11.5. The molecular formula is C16H18N2O2. The summed E-state index contributed by atoms with van der Waals surface area (Å²) in [5, 5.41) is 10.3. The molecule has 0 spiro atoms. The van der Waals surface area contributed by atoms with Crippen molar-refractivity contribution in [1.29, 1.82) is 0 Å². The van der Waals surface area contributed by atoms with Crippen LogP contribution in [0.5, 0.6) is 0 Å². The average molecular weight is 270 g/mol. The lowest BCUT2D eigenvalue weighted by Gasteiger charge is -2.23. The second kappa shape index (κ2) is 5.12. The summed E-state index contributed by atoms with van der Waals surface area (Å²) in [6.07, 6.45) is 2.49. The van der Waals surface area contributed by atoms with E-state index in [1.807, 2.05) is 31.2 Å². The number of carboxylic acids is 1. The van der Waals surface area contributed by atoms with Gasteiger partial charge in [-0.2, -0.15) is 0 Å². The van der Waals surface area contributed by atoms with Crippen molar-refractivity contribution in [1.82, 2.24) is 4.98 Å². The molecule has 1 heterocycles. The van der Waals surface area contributed by atoms with Crippen molar-refractivity contribution in [2.75, 3.05) is 18.0 Å². The zero-order valence-corrected chi connectivity index (χ0v) is 11.5. The topological polar surface area (TPSA) is 53.4 Å². The van der Waals surface area contributed by atoms with E-state index in [1.165, 1.54) is 12.8 Å². The molecule has 1 saturated carbocycles. The van der Waals surface area contributed by atoms with E-state index in [-0.39, 0.29) is 0 Å². The van der Waals surface area contributed by atoms with Gasteiger partial charge in [-0.25, -0.2) is 9.78 Å². The molecule has 1 aromatic carbocycles. The Kier molecular flexibility index (Phi) is 3.30. The molecule has 3 rings (SSSR count). The van der Waals surface area contributed by atoms with Gasteiger partial charge in [0, 0.05) is 18.5 Å². The SMILES string of the molecule is CCN(CC1CC1)c1nc2ccccc2cc1C(=O)O. The quantitative estimate of drug-likeness (QED) is 0.906. The highest BCUT2D eigenvalue weighted by molar-refractivity contribution is 5.98. The maximum Gasteiger partial charge on any atom is 0.339 e. The number of pyridine rings is 1. The molecule has 1 aliphatic rings. The minimum atomic E-state index is -0.910. The zero-order chi connectivity index (χ0) is 14.1. The fourth-order valence-corrected chi connectivity index (χ4v) is 2.48. The van der Waals surface area contributed by atoms with Gasteiger partial charge in [0.25, 0.3) is 0 Å². The van der Waals surface area contributed by atoms with Gasteiger partial charge in [0.2, 0.25) is 0 Å². The molecule has 0 unspecified atom stereocenters. The number of aromatic nitrogens is 1. The number of carbonyl (C=O) groups is 1. The lowest BCUT2D eigenvalue weighted by molar-refractivity contribution is 0.0697. The molecule has 0 radical (unpaired) electrons. The first-order chi connectivity index (χ1) is 9.69. The summed E-state index contributed by atoms with van der Waals surface area (Å²) in [7, 11) is 0. The molecule has 1 N–H and O–H groups in total. The highest BCUT2D eigenvalue weighted by atomic mass is 16.4. The van der Waals surface area contributed by atoms with E-state index < -0.39 is 5.97 Å². The van der Waals surface area contributed by atoms with Crippen molar-refractivity contribution in [2.24, 2.45) is 5.92 Å². The number of para-hydroxylation sites is 1. The van der Waals surface area contributed by atoms with Crippen LogP contribution in [-0.4, -0.2) is 29.1 Å². The molecule has 0 aliphatic heterocycles. The third-order valence-corrected chi connectivity index (χ3v) is 3.79. The first-order valence-electron chi connectivity index (χ1n) is 7.07. The Morgan fingerprint density at radius 1 is 1.40 bits per heavy atom. The van der Waals surface area contributed by atoms with Gasteiger partial charge in [-0.3, -0.25) is 0 Å². The van der Waals surface area contributed by atoms with Crippen LogP contribution in [-0.2, 0) is 0 Å². The van der Waals surface area contributed by atoms with E-state index in [9.17, 15) is 9.90 Å². The van der Waals surface area contributed by atoms with Crippen LogP contribution < -0.4 is 4.90 Å².